The molecule has 1 aromatic rings. The molecule has 0 N–H and O–H groups in total. The van der Waals surface area contributed by atoms with Gasteiger partial charge in [-0.2, -0.15) is 0 Å². The van der Waals surface area contributed by atoms with Gasteiger partial charge in [0.1, 0.15) is 5.82 Å². The summed E-state index contributed by atoms with van der Waals surface area (Å²) in [5, 5.41) is 0. The van der Waals surface area contributed by atoms with Crippen LogP contribution in [0.1, 0.15) is 31.4 Å². The van der Waals surface area contributed by atoms with Crippen molar-refractivity contribution in [3.8, 4) is 0 Å². The molecule has 1 saturated heterocycles. The highest BCUT2D eigenvalue weighted by molar-refractivity contribution is 6.01. The summed E-state index contributed by atoms with van der Waals surface area (Å²) in [6.45, 7) is 2.60. The van der Waals surface area contributed by atoms with Crippen LogP contribution in [0.15, 0.2) is 6.07 Å². The molecular weight excluding hydrogens is 271 g/mol. The molecule has 6 heteroatoms. The van der Waals surface area contributed by atoms with Crippen molar-refractivity contribution in [2.45, 2.75) is 34.1 Å². The van der Waals surface area contributed by atoms with Crippen LogP contribution in [0.3, 0.4) is 0 Å². The number of nitrogens with zero attached hydrogens (tertiary/aromatic N) is 1. The number of hydrogen-bond donors (Lipinski definition) is 0. The standard InChI is InChI=1S/C8H7F3.C5H7NO2.CH4/c1-4-3-6(9)8(11)5(2)7(4)10;1-6-4(7)2-3-5(6)8;/h3H,1-2H3;2-3H2,1H3;1H4. The van der Waals surface area contributed by atoms with Gasteiger partial charge in [-0.1, -0.05) is 7.43 Å². The van der Waals surface area contributed by atoms with Crippen LogP contribution in [0.2, 0.25) is 0 Å². The summed E-state index contributed by atoms with van der Waals surface area (Å²) in [6.07, 6.45) is 0.796. The van der Waals surface area contributed by atoms with E-state index in [9.17, 15) is 22.8 Å². The average Bonchev–Trinajstić information content (AvgIpc) is 2.66. The van der Waals surface area contributed by atoms with Crippen molar-refractivity contribution in [1.29, 1.82) is 0 Å². The van der Waals surface area contributed by atoms with E-state index in [1.165, 1.54) is 25.8 Å². The molecule has 1 aliphatic heterocycles. The van der Waals surface area contributed by atoms with E-state index in [0.29, 0.717) is 12.8 Å². The predicted molar refractivity (Wildman–Crippen MR) is 69.5 cm³/mol. The normalized spacial score (nSPS) is 13.8. The Morgan fingerprint density at radius 1 is 1.00 bits per heavy atom. The fourth-order valence-electron chi connectivity index (χ4n) is 1.58. The quantitative estimate of drug-likeness (QED) is 0.543. The van der Waals surface area contributed by atoms with Crippen molar-refractivity contribution in [2.75, 3.05) is 7.05 Å². The van der Waals surface area contributed by atoms with Crippen molar-refractivity contribution in [3.63, 3.8) is 0 Å². The maximum atomic E-state index is 12.8. The van der Waals surface area contributed by atoms with Crippen LogP contribution in [0.25, 0.3) is 0 Å². The first kappa shape index (κ1) is 18.1. The van der Waals surface area contributed by atoms with Crippen LogP contribution in [0.5, 0.6) is 0 Å². The van der Waals surface area contributed by atoms with Gasteiger partial charge in [0.2, 0.25) is 11.8 Å². The molecule has 0 atom stereocenters. The lowest BCUT2D eigenvalue weighted by molar-refractivity contribution is -0.136. The molecule has 2 amide bonds. The van der Waals surface area contributed by atoms with E-state index >= 15 is 0 Å². The first-order valence-electron chi connectivity index (χ1n) is 5.65. The van der Waals surface area contributed by atoms with Gasteiger partial charge >= 0.3 is 0 Å². The maximum absolute atomic E-state index is 12.8. The zero-order chi connectivity index (χ0) is 14.7. The molecule has 0 saturated carbocycles. The molecule has 0 spiro atoms. The summed E-state index contributed by atoms with van der Waals surface area (Å²) in [5.74, 6) is -2.90. The topological polar surface area (TPSA) is 37.4 Å². The summed E-state index contributed by atoms with van der Waals surface area (Å²) < 4.78 is 37.8. The Kier molecular flexibility index (Phi) is 6.42. The Bertz CT molecular complexity index is 487. The van der Waals surface area contributed by atoms with E-state index in [1.54, 1.807) is 0 Å². The van der Waals surface area contributed by atoms with Gasteiger partial charge in [0.25, 0.3) is 0 Å². The largest absolute Gasteiger partial charge is 0.286 e. The number of imide groups is 1. The second kappa shape index (κ2) is 7.07. The second-order valence-corrected chi connectivity index (χ2v) is 4.27. The smallest absolute Gasteiger partial charge is 0.229 e. The van der Waals surface area contributed by atoms with Crippen LogP contribution in [0, 0.1) is 31.3 Å². The highest BCUT2D eigenvalue weighted by atomic mass is 19.2. The van der Waals surface area contributed by atoms with E-state index < -0.39 is 17.5 Å². The lowest BCUT2D eigenvalue weighted by Crippen LogP contribution is -2.23. The number of halogens is 3. The monoisotopic (exact) mass is 289 g/mol. The van der Waals surface area contributed by atoms with Crippen molar-refractivity contribution in [1.82, 2.24) is 4.90 Å². The SMILES string of the molecule is C.CN1C(=O)CCC1=O.Cc1cc(F)c(F)c(C)c1F. The minimum atomic E-state index is -1.10. The van der Waals surface area contributed by atoms with E-state index in [-0.39, 0.29) is 30.4 Å². The van der Waals surface area contributed by atoms with Gasteiger partial charge in [0.15, 0.2) is 11.6 Å². The van der Waals surface area contributed by atoms with Gasteiger partial charge in [-0.15, -0.1) is 0 Å². The van der Waals surface area contributed by atoms with Crippen LogP contribution in [0.4, 0.5) is 13.2 Å². The lowest BCUT2D eigenvalue weighted by Gasteiger charge is -2.02. The van der Waals surface area contributed by atoms with Crippen LogP contribution in [-0.4, -0.2) is 23.8 Å². The van der Waals surface area contributed by atoms with Crippen molar-refractivity contribution in [2.24, 2.45) is 0 Å². The van der Waals surface area contributed by atoms with Gasteiger partial charge in [-0.05, 0) is 25.5 Å². The first-order valence-corrected chi connectivity index (χ1v) is 5.65. The number of carbonyl (C=O) groups is 2. The molecule has 1 aliphatic rings. The Morgan fingerprint density at radius 3 is 1.80 bits per heavy atom. The Labute approximate surface area is 116 Å². The zero-order valence-corrected chi connectivity index (χ0v) is 10.9. The summed E-state index contributed by atoms with van der Waals surface area (Å²) in [5.41, 5.74) is -0.135. The molecule has 112 valence electrons. The highest BCUT2D eigenvalue weighted by Crippen LogP contribution is 2.17. The van der Waals surface area contributed by atoms with E-state index in [1.807, 2.05) is 0 Å². The average molecular weight is 289 g/mol. The first-order chi connectivity index (χ1) is 8.75. The van der Waals surface area contributed by atoms with Crippen molar-refractivity contribution < 1.29 is 22.8 Å². The Balaban J connectivity index is 0.000000359. The van der Waals surface area contributed by atoms with Crippen molar-refractivity contribution >= 4 is 11.8 Å². The van der Waals surface area contributed by atoms with E-state index in [2.05, 4.69) is 0 Å². The minimum Gasteiger partial charge on any atom is -0.286 e. The molecule has 0 radical (unpaired) electrons. The number of rotatable bonds is 0. The maximum Gasteiger partial charge on any atom is 0.229 e. The van der Waals surface area contributed by atoms with Gasteiger partial charge in [0, 0.05) is 25.5 Å². The number of aryl methyl sites for hydroxylation is 1. The molecule has 20 heavy (non-hydrogen) atoms. The van der Waals surface area contributed by atoms with Crippen LogP contribution in [-0.2, 0) is 9.59 Å². The fourth-order valence-corrected chi connectivity index (χ4v) is 1.58. The number of carbonyl (C=O) groups excluding carboxylic acids is 2. The number of amides is 2. The number of benzene rings is 1. The third kappa shape index (κ3) is 3.82. The molecule has 1 heterocycles. The van der Waals surface area contributed by atoms with Crippen LogP contribution >= 0.6 is 0 Å². The lowest BCUT2D eigenvalue weighted by atomic mass is 10.1. The third-order valence-corrected chi connectivity index (χ3v) is 2.86. The number of likely N-dealkylation sites (tertiary alicyclic amines) is 1. The number of hydrogen-bond acceptors (Lipinski definition) is 2. The van der Waals surface area contributed by atoms with E-state index in [4.69, 9.17) is 0 Å². The van der Waals surface area contributed by atoms with Gasteiger partial charge in [0.05, 0.1) is 0 Å². The molecule has 0 bridgehead atoms. The molecule has 2 rings (SSSR count). The molecule has 1 fully saturated rings. The summed E-state index contributed by atoms with van der Waals surface area (Å²) in [6, 6.07) is 0.845. The molecule has 1 aromatic carbocycles. The van der Waals surface area contributed by atoms with Crippen molar-refractivity contribution in [3.05, 3.63) is 34.6 Å². The van der Waals surface area contributed by atoms with E-state index in [0.717, 1.165) is 6.07 Å². The van der Waals surface area contributed by atoms with Gasteiger partial charge < -0.3 is 0 Å². The van der Waals surface area contributed by atoms with Gasteiger partial charge in [-0.3, -0.25) is 14.5 Å². The molecule has 3 nitrogen and oxygen atoms in total. The fraction of sp³-hybridized carbons (Fsp3) is 0.429. The minimum absolute atomic E-state index is 0. The molecule has 0 unspecified atom stereocenters. The zero-order valence-electron chi connectivity index (χ0n) is 10.9. The second-order valence-electron chi connectivity index (χ2n) is 4.27. The Hall–Kier alpha value is -1.85. The van der Waals surface area contributed by atoms with Crippen LogP contribution < -0.4 is 0 Å². The molecule has 0 aromatic heterocycles. The summed E-state index contributed by atoms with van der Waals surface area (Å²) >= 11 is 0. The summed E-state index contributed by atoms with van der Waals surface area (Å²) in [7, 11) is 1.51. The summed E-state index contributed by atoms with van der Waals surface area (Å²) in [4.78, 5) is 22.1. The predicted octanol–water partition coefficient (Wildman–Crippen LogP) is 3.12. The third-order valence-electron chi connectivity index (χ3n) is 2.86. The molecule has 0 aliphatic carbocycles. The Morgan fingerprint density at radius 2 is 1.45 bits per heavy atom. The molecular formula is C14H18F3NO2. The highest BCUT2D eigenvalue weighted by Gasteiger charge is 2.24. The van der Waals surface area contributed by atoms with Gasteiger partial charge in [-0.25, -0.2) is 13.2 Å².